The minimum atomic E-state index is -0.725. The van der Waals surface area contributed by atoms with Gasteiger partial charge in [0.15, 0.2) is 0 Å². The minimum absolute atomic E-state index is 0.0436. The molecule has 1 heterocycles. The fourth-order valence-electron chi connectivity index (χ4n) is 6.47. The Morgan fingerprint density at radius 1 is 0.800 bits per heavy atom. The van der Waals surface area contributed by atoms with E-state index in [-0.39, 0.29) is 25.2 Å². The predicted molar refractivity (Wildman–Crippen MR) is 235 cm³/mol. The standard InChI is InChI=1S/C49H52N4O7/c1-34(17-26-42-36(3)13-9-27-49(42,4)5)11-8-12-35(2)29-45(54)60-41-24-18-37(19-25-41)32-59-48(57)53-44-16-7-6-15-43(44)52-47(56)39-20-22-40(23-21-39)51-31-46(55)58-33-38-14-10-28-50-30-38/h6-8,10-12,14-26,28-30,51H,9,13,27,31-33H2,1-5H3,(H,52,56)(H,53,57)/b12-8+,26-17+,34-11+,35-29+. The van der Waals surface area contributed by atoms with Gasteiger partial charge >= 0.3 is 18.0 Å². The number of carbonyl (C=O) groups is 4. The highest BCUT2D eigenvalue weighted by Gasteiger charge is 2.26. The van der Waals surface area contributed by atoms with Gasteiger partial charge in [0, 0.05) is 35.3 Å². The van der Waals surface area contributed by atoms with Gasteiger partial charge in [0.05, 0.1) is 11.4 Å². The first-order valence-electron chi connectivity index (χ1n) is 19.8. The Labute approximate surface area is 351 Å². The zero-order valence-electron chi connectivity index (χ0n) is 34.7. The van der Waals surface area contributed by atoms with Crippen molar-refractivity contribution in [3.63, 3.8) is 0 Å². The minimum Gasteiger partial charge on any atom is -0.459 e. The van der Waals surface area contributed by atoms with Gasteiger partial charge in [-0.15, -0.1) is 0 Å². The summed E-state index contributed by atoms with van der Waals surface area (Å²) in [5.74, 6) is -0.988. The summed E-state index contributed by atoms with van der Waals surface area (Å²) in [5.41, 5.74) is 8.11. The van der Waals surface area contributed by atoms with Crippen molar-refractivity contribution in [3.8, 4) is 5.75 Å². The molecule has 0 radical (unpaired) electrons. The highest BCUT2D eigenvalue weighted by Crippen LogP contribution is 2.40. The Hall–Kier alpha value is -7.01. The van der Waals surface area contributed by atoms with Gasteiger partial charge in [0.1, 0.15) is 25.5 Å². The maximum atomic E-state index is 13.1. The van der Waals surface area contributed by atoms with E-state index in [0.717, 1.165) is 23.1 Å². The molecule has 0 saturated carbocycles. The number of anilines is 3. The van der Waals surface area contributed by atoms with Crippen LogP contribution in [0.15, 0.2) is 156 Å². The lowest BCUT2D eigenvalue weighted by Gasteiger charge is -2.32. The van der Waals surface area contributed by atoms with Gasteiger partial charge in [0.25, 0.3) is 5.91 Å². The number of amides is 2. The topological polar surface area (TPSA) is 145 Å². The van der Waals surface area contributed by atoms with Crippen molar-refractivity contribution in [2.45, 2.75) is 67.1 Å². The van der Waals surface area contributed by atoms with Crippen LogP contribution in [0.25, 0.3) is 0 Å². The third kappa shape index (κ3) is 14.1. The third-order valence-corrected chi connectivity index (χ3v) is 9.75. The van der Waals surface area contributed by atoms with Crippen LogP contribution in [-0.4, -0.2) is 35.5 Å². The molecule has 2 amide bonds. The molecule has 0 atom stereocenters. The fourth-order valence-corrected chi connectivity index (χ4v) is 6.47. The van der Waals surface area contributed by atoms with Crippen molar-refractivity contribution in [2.75, 3.05) is 22.5 Å². The molecule has 60 heavy (non-hydrogen) atoms. The van der Waals surface area contributed by atoms with Gasteiger partial charge < -0.3 is 24.8 Å². The summed E-state index contributed by atoms with van der Waals surface area (Å²) in [4.78, 5) is 54.5. The van der Waals surface area contributed by atoms with Crippen LogP contribution in [0.4, 0.5) is 21.9 Å². The largest absolute Gasteiger partial charge is 0.459 e. The number of benzene rings is 3. The normalized spacial score (nSPS) is 14.2. The molecule has 0 aliphatic heterocycles. The molecule has 0 saturated heterocycles. The van der Waals surface area contributed by atoms with Crippen molar-refractivity contribution in [1.29, 1.82) is 0 Å². The number of pyridine rings is 1. The smallest absolute Gasteiger partial charge is 0.412 e. The van der Waals surface area contributed by atoms with Crippen LogP contribution in [0, 0.1) is 5.41 Å². The predicted octanol–water partition coefficient (Wildman–Crippen LogP) is 10.7. The molecular weight excluding hydrogens is 757 g/mol. The van der Waals surface area contributed by atoms with E-state index < -0.39 is 23.9 Å². The molecule has 4 aromatic rings. The Morgan fingerprint density at radius 3 is 2.22 bits per heavy atom. The number of hydrogen-bond acceptors (Lipinski definition) is 9. The SMILES string of the molecule is CC1=C(/C=C/C(C)=C/C=C/C(C)=C/C(=O)Oc2ccc(COC(=O)Nc3ccccc3NC(=O)c3ccc(NCC(=O)OCc4cccnc4)cc3)cc2)C(C)(C)CCC1. The summed E-state index contributed by atoms with van der Waals surface area (Å²) >= 11 is 0. The molecule has 1 aliphatic rings. The molecule has 0 unspecified atom stereocenters. The number of ether oxygens (including phenoxy) is 3. The maximum absolute atomic E-state index is 13.1. The number of nitrogens with one attached hydrogen (secondary N) is 3. The van der Waals surface area contributed by atoms with E-state index in [1.165, 1.54) is 30.1 Å². The molecule has 1 aromatic heterocycles. The first-order chi connectivity index (χ1) is 28.8. The van der Waals surface area contributed by atoms with Gasteiger partial charge in [-0.2, -0.15) is 0 Å². The van der Waals surface area contributed by atoms with Crippen LogP contribution in [0.5, 0.6) is 5.75 Å². The van der Waals surface area contributed by atoms with Crippen molar-refractivity contribution in [3.05, 3.63) is 173 Å². The molecule has 0 fully saturated rings. The second-order valence-corrected chi connectivity index (χ2v) is 15.1. The molecule has 0 spiro atoms. The van der Waals surface area contributed by atoms with Gasteiger partial charge in [-0.3, -0.25) is 19.9 Å². The quantitative estimate of drug-likeness (QED) is 0.0436. The Bertz CT molecular complexity index is 2290. The lowest BCUT2D eigenvalue weighted by molar-refractivity contribution is -0.142. The number of para-hydroxylation sites is 2. The van der Waals surface area contributed by atoms with Crippen LogP contribution < -0.4 is 20.7 Å². The summed E-state index contributed by atoms with van der Waals surface area (Å²) in [6.45, 7) is 10.8. The number of esters is 2. The van der Waals surface area contributed by atoms with Crippen LogP contribution in [-0.2, 0) is 32.3 Å². The average molecular weight is 809 g/mol. The molecule has 11 nitrogen and oxygen atoms in total. The van der Waals surface area contributed by atoms with Gasteiger partial charge in [-0.1, -0.05) is 85.7 Å². The van der Waals surface area contributed by atoms with Gasteiger partial charge in [0.2, 0.25) is 0 Å². The molecule has 5 rings (SSSR count). The monoisotopic (exact) mass is 808 g/mol. The Morgan fingerprint density at radius 2 is 1.52 bits per heavy atom. The zero-order chi connectivity index (χ0) is 42.9. The van der Waals surface area contributed by atoms with E-state index >= 15 is 0 Å². The highest BCUT2D eigenvalue weighted by atomic mass is 16.5. The number of aromatic nitrogens is 1. The van der Waals surface area contributed by atoms with Crippen molar-refractivity contribution in [2.24, 2.45) is 5.41 Å². The van der Waals surface area contributed by atoms with E-state index in [0.29, 0.717) is 33.9 Å². The molecule has 0 bridgehead atoms. The molecule has 1 aliphatic carbocycles. The summed E-state index contributed by atoms with van der Waals surface area (Å²) in [5, 5.41) is 8.46. The van der Waals surface area contributed by atoms with Gasteiger partial charge in [-0.25, -0.2) is 9.59 Å². The van der Waals surface area contributed by atoms with Crippen molar-refractivity contribution < 1.29 is 33.4 Å². The first-order valence-corrected chi connectivity index (χ1v) is 19.8. The first kappa shape index (κ1) is 44.1. The molecule has 3 aromatic carbocycles. The van der Waals surface area contributed by atoms with E-state index in [1.807, 2.05) is 31.2 Å². The summed E-state index contributed by atoms with van der Waals surface area (Å²) in [6.07, 6.45) is 17.8. The Kier molecular flexibility index (Phi) is 15.9. The summed E-state index contributed by atoms with van der Waals surface area (Å²) in [7, 11) is 0. The lowest BCUT2D eigenvalue weighted by atomic mass is 9.72. The zero-order valence-corrected chi connectivity index (χ0v) is 34.7. The van der Waals surface area contributed by atoms with Crippen LogP contribution in [0.2, 0.25) is 0 Å². The summed E-state index contributed by atoms with van der Waals surface area (Å²) in [6, 6.07) is 23.6. The second-order valence-electron chi connectivity index (χ2n) is 15.1. The molecule has 310 valence electrons. The highest BCUT2D eigenvalue weighted by molar-refractivity contribution is 6.07. The number of rotatable bonds is 16. The van der Waals surface area contributed by atoms with Gasteiger partial charge in [-0.05, 0) is 117 Å². The van der Waals surface area contributed by atoms with E-state index in [9.17, 15) is 19.2 Å². The molecule has 11 heteroatoms. The second kappa shape index (κ2) is 21.7. The number of allylic oxidation sites excluding steroid dienone is 9. The maximum Gasteiger partial charge on any atom is 0.412 e. The average Bonchev–Trinajstić information content (AvgIpc) is 3.22. The van der Waals surface area contributed by atoms with E-state index in [4.69, 9.17) is 14.2 Å². The molecule has 3 N–H and O–H groups in total. The summed E-state index contributed by atoms with van der Waals surface area (Å²) < 4.78 is 16.1. The van der Waals surface area contributed by atoms with Crippen molar-refractivity contribution >= 4 is 41.0 Å². The van der Waals surface area contributed by atoms with Crippen LogP contribution in [0.3, 0.4) is 0 Å². The number of nitrogens with zero attached hydrogens (tertiary/aromatic N) is 1. The third-order valence-electron chi connectivity index (χ3n) is 9.75. The fraction of sp³-hybridized carbons (Fsp3) is 0.245. The number of hydrogen-bond donors (Lipinski definition) is 3. The Balaban J connectivity index is 1.04. The van der Waals surface area contributed by atoms with Crippen molar-refractivity contribution in [1.82, 2.24) is 4.98 Å². The van der Waals surface area contributed by atoms with E-state index in [2.05, 4.69) is 60.8 Å². The van der Waals surface area contributed by atoms with E-state index in [1.54, 1.807) is 91.3 Å². The number of carbonyl (C=O) groups excluding carboxylic acids is 4. The lowest BCUT2D eigenvalue weighted by Crippen LogP contribution is -2.19. The van der Waals surface area contributed by atoms with Crippen LogP contribution in [0.1, 0.15) is 75.4 Å². The molecular formula is C49H52N4O7. The van der Waals surface area contributed by atoms with Crippen LogP contribution >= 0.6 is 0 Å².